The summed E-state index contributed by atoms with van der Waals surface area (Å²) in [5.74, 6) is 1.67. The van der Waals surface area contributed by atoms with Gasteiger partial charge in [-0.1, -0.05) is 26.2 Å². The molecule has 2 rings (SSSR count). The Morgan fingerprint density at radius 3 is 2.47 bits per heavy atom. The van der Waals surface area contributed by atoms with Crippen LogP contribution in [0, 0.1) is 11.8 Å². The number of rotatable bonds is 3. The molecule has 98 valence electrons. The van der Waals surface area contributed by atoms with E-state index in [-0.39, 0.29) is 0 Å². The van der Waals surface area contributed by atoms with Crippen LogP contribution in [0.4, 0.5) is 0 Å². The molecule has 1 aliphatic heterocycles. The molecule has 0 aromatic rings. The van der Waals surface area contributed by atoms with Crippen LogP contribution in [0.3, 0.4) is 0 Å². The topological polar surface area (TPSA) is 20.3 Å². The van der Waals surface area contributed by atoms with Crippen LogP contribution in [-0.4, -0.2) is 29.8 Å². The van der Waals surface area contributed by atoms with Crippen molar-refractivity contribution in [3.63, 3.8) is 0 Å². The van der Waals surface area contributed by atoms with Gasteiger partial charge in [0, 0.05) is 18.5 Å². The Morgan fingerprint density at radius 2 is 1.76 bits per heavy atom. The second-order valence-electron chi connectivity index (χ2n) is 6.26. The molecule has 2 nitrogen and oxygen atoms in total. The Bertz CT molecular complexity index is 258. The SMILES string of the molecule is CC1CCC(C)N(CC(=O)C2CCCCC2)C1. The summed E-state index contributed by atoms with van der Waals surface area (Å²) in [7, 11) is 0. The predicted octanol–water partition coefficient (Wildman–Crippen LogP) is 3.26. The number of likely N-dealkylation sites (tertiary alicyclic amines) is 1. The lowest BCUT2D eigenvalue weighted by Gasteiger charge is -2.37. The zero-order valence-corrected chi connectivity index (χ0v) is 11.5. The number of piperidine rings is 1. The summed E-state index contributed by atoms with van der Waals surface area (Å²) in [5, 5.41) is 0. The van der Waals surface area contributed by atoms with Crippen molar-refractivity contribution in [2.75, 3.05) is 13.1 Å². The lowest BCUT2D eigenvalue weighted by atomic mass is 9.85. The Hall–Kier alpha value is -0.370. The van der Waals surface area contributed by atoms with Crippen LogP contribution in [0.2, 0.25) is 0 Å². The molecule has 0 bridgehead atoms. The second kappa shape index (κ2) is 5.99. The molecule has 0 aromatic carbocycles. The van der Waals surface area contributed by atoms with E-state index in [1.165, 1.54) is 32.1 Å². The summed E-state index contributed by atoms with van der Waals surface area (Å²) in [5.41, 5.74) is 0. The number of hydrogen-bond donors (Lipinski definition) is 0. The fraction of sp³-hybridized carbons (Fsp3) is 0.933. The van der Waals surface area contributed by atoms with Crippen molar-refractivity contribution in [1.82, 2.24) is 4.90 Å². The van der Waals surface area contributed by atoms with Crippen LogP contribution >= 0.6 is 0 Å². The first-order valence-corrected chi connectivity index (χ1v) is 7.43. The van der Waals surface area contributed by atoms with Crippen LogP contribution in [-0.2, 0) is 4.79 Å². The molecule has 2 atom stereocenters. The van der Waals surface area contributed by atoms with Crippen molar-refractivity contribution in [2.45, 2.75) is 64.8 Å². The average molecular weight is 237 g/mol. The van der Waals surface area contributed by atoms with Crippen LogP contribution in [0.5, 0.6) is 0 Å². The Balaban J connectivity index is 1.83. The molecule has 0 amide bonds. The quantitative estimate of drug-likeness (QED) is 0.751. The van der Waals surface area contributed by atoms with E-state index in [2.05, 4.69) is 18.7 Å². The maximum atomic E-state index is 12.3. The largest absolute Gasteiger partial charge is 0.298 e. The molecule has 2 aliphatic rings. The van der Waals surface area contributed by atoms with Gasteiger partial charge in [-0.05, 0) is 38.5 Å². The number of nitrogens with zero attached hydrogens (tertiary/aromatic N) is 1. The predicted molar refractivity (Wildman–Crippen MR) is 71.0 cm³/mol. The van der Waals surface area contributed by atoms with E-state index >= 15 is 0 Å². The third-order valence-corrected chi connectivity index (χ3v) is 4.67. The van der Waals surface area contributed by atoms with Gasteiger partial charge in [0.1, 0.15) is 5.78 Å². The van der Waals surface area contributed by atoms with Crippen molar-refractivity contribution in [3.05, 3.63) is 0 Å². The standard InChI is InChI=1S/C15H27NO/c1-12-8-9-13(2)16(10-12)11-15(17)14-6-4-3-5-7-14/h12-14H,3-11H2,1-2H3. The fourth-order valence-electron chi connectivity index (χ4n) is 3.35. The van der Waals surface area contributed by atoms with E-state index in [0.717, 1.165) is 31.8 Å². The molecule has 1 saturated carbocycles. The summed E-state index contributed by atoms with van der Waals surface area (Å²) in [6, 6.07) is 0.610. The molecule has 0 aromatic heterocycles. The van der Waals surface area contributed by atoms with Gasteiger partial charge in [-0.2, -0.15) is 0 Å². The van der Waals surface area contributed by atoms with Gasteiger partial charge in [0.05, 0.1) is 6.54 Å². The highest BCUT2D eigenvalue weighted by atomic mass is 16.1. The Kier molecular flexibility index (Phi) is 4.61. The molecule has 1 aliphatic carbocycles. The normalized spacial score (nSPS) is 32.6. The molecule has 1 saturated heterocycles. The van der Waals surface area contributed by atoms with Gasteiger partial charge in [-0.3, -0.25) is 9.69 Å². The second-order valence-corrected chi connectivity index (χ2v) is 6.26. The lowest BCUT2D eigenvalue weighted by Crippen LogP contribution is -2.45. The minimum absolute atomic E-state index is 0.383. The van der Waals surface area contributed by atoms with E-state index in [1.807, 2.05) is 0 Å². The average Bonchev–Trinajstić information content (AvgIpc) is 2.35. The van der Waals surface area contributed by atoms with E-state index in [1.54, 1.807) is 0 Å². The maximum absolute atomic E-state index is 12.3. The smallest absolute Gasteiger partial charge is 0.149 e. The molecular formula is C15H27NO. The summed E-state index contributed by atoms with van der Waals surface area (Å²) in [6.45, 7) is 6.43. The molecular weight excluding hydrogens is 210 g/mol. The monoisotopic (exact) mass is 237 g/mol. The first-order valence-electron chi connectivity index (χ1n) is 7.43. The number of carbonyl (C=O) groups excluding carboxylic acids is 1. The van der Waals surface area contributed by atoms with E-state index in [9.17, 15) is 4.79 Å². The number of carbonyl (C=O) groups is 1. The third-order valence-electron chi connectivity index (χ3n) is 4.67. The van der Waals surface area contributed by atoms with Gasteiger partial charge in [-0.25, -0.2) is 0 Å². The molecule has 2 heteroatoms. The Morgan fingerprint density at radius 1 is 1.06 bits per heavy atom. The molecule has 2 fully saturated rings. The summed E-state index contributed by atoms with van der Waals surface area (Å²) >= 11 is 0. The fourth-order valence-corrected chi connectivity index (χ4v) is 3.35. The van der Waals surface area contributed by atoms with Crippen LogP contribution in [0.1, 0.15) is 58.8 Å². The zero-order valence-electron chi connectivity index (χ0n) is 11.5. The first kappa shape index (κ1) is 13.1. The first-order chi connectivity index (χ1) is 8.16. The highest BCUT2D eigenvalue weighted by Crippen LogP contribution is 2.26. The van der Waals surface area contributed by atoms with Crippen molar-refractivity contribution in [2.24, 2.45) is 11.8 Å². The molecule has 0 N–H and O–H groups in total. The highest BCUT2D eigenvalue weighted by molar-refractivity contribution is 5.83. The van der Waals surface area contributed by atoms with Crippen LogP contribution in [0.25, 0.3) is 0 Å². The van der Waals surface area contributed by atoms with Crippen molar-refractivity contribution in [1.29, 1.82) is 0 Å². The van der Waals surface area contributed by atoms with Gasteiger partial charge < -0.3 is 0 Å². The van der Waals surface area contributed by atoms with Gasteiger partial charge in [0.25, 0.3) is 0 Å². The lowest BCUT2D eigenvalue weighted by molar-refractivity contribution is -0.126. The van der Waals surface area contributed by atoms with Crippen LogP contribution in [0.15, 0.2) is 0 Å². The molecule has 17 heavy (non-hydrogen) atoms. The van der Waals surface area contributed by atoms with E-state index < -0.39 is 0 Å². The van der Waals surface area contributed by atoms with Gasteiger partial charge in [0.15, 0.2) is 0 Å². The van der Waals surface area contributed by atoms with Gasteiger partial charge in [0.2, 0.25) is 0 Å². The zero-order chi connectivity index (χ0) is 12.3. The highest BCUT2D eigenvalue weighted by Gasteiger charge is 2.28. The molecule has 0 radical (unpaired) electrons. The minimum Gasteiger partial charge on any atom is -0.298 e. The van der Waals surface area contributed by atoms with Crippen LogP contribution < -0.4 is 0 Å². The van der Waals surface area contributed by atoms with Crippen molar-refractivity contribution < 1.29 is 4.79 Å². The number of ketones is 1. The van der Waals surface area contributed by atoms with Gasteiger partial charge in [-0.15, -0.1) is 0 Å². The molecule has 1 heterocycles. The maximum Gasteiger partial charge on any atom is 0.149 e. The molecule has 0 spiro atoms. The van der Waals surface area contributed by atoms with Crippen molar-refractivity contribution >= 4 is 5.78 Å². The Labute approximate surface area is 106 Å². The number of hydrogen-bond acceptors (Lipinski definition) is 2. The van der Waals surface area contributed by atoms with E-state index in [0.29, 0.717) is 17.7 Å². The third kappa shape index (κ3) is 3.54. The summed E-state index contributed by atoms with van der Waals surface area (Å²) < 4.78 is 0. The summed E-state index contributed by atoms with van der Waals surface area (Å²) in [6.07, 6.45) is 8.76. The van der Waals surface area contributed by atoms with Gasteiger partial charge >= 0.3 is 0 Å². The number of Topliss-reactive ketones (excluding diaryl/α,β-unsaturated/α-hetero) is 1. The van der Waals surface area contributed by atoms with Crippen molar-refractivity contribution in [3.8, 4) is 0 Å². The summed E-state index contributed by atoms with van der Waals surface area (Å²) in [4.78, 5) is 14.7. The van der Waals surface area contributed by atoms with E-state index in [4.69, 9.17) is 0 Å². The molecule has 2 unspecified atom stereocenters. The minimum atomic E-state index is 0.383.